The van der Waals surface area contributed by atoms with E-state index in [4.69, 9.17) is 0 Å². The molecule has 1 N–H and O–H groups in total. The first-order valence-electron chi connectivity index (χ1n) is 11.0. The standard InChI is InChI=1S/C27H33N3O/c1-18(2)30-25-12-19(3)22(14-24(25)20(4)15-27(30,5)6)13-23(16-28)26(31)29-17-21-10-8-7-9-11-21/h7-14,18,20H,15,17H2,1-6H3,(H,29,31)/b23-13-/t20-/m1/s1. The normalized spacial score (nSPS) is 17.8. The number of carbonyl (C=O) groups excluding carboxylic acids is 1. The summed E-state index contributed by atoms with van der Waals surface area (Å²) in [7, 11) is 0. The number of rotatable bonds is 5. The van der Waals surface area contributed by atoms with Gasteiger partial charge in [0.05, 0.1) is 0 Å². The van der Waals surface area contributed by atoms with E-state index in [9.17, 15) is 10.1 Å². The number of hydrogen-bond donors (Lipinski definition) is 1. The van der Waals surface area contributed by atoms with Gasteiger partial charge < -0.3 is 10.2 Å². The number of aryl methyl sites for hydroxylation is 1. The number of anilines is 1. The molecule has 2 aromatic carbocycles. The molecule has 2 aromatic rings. The Hall–Kier alpha value is -3.06. The van der Waals surface area contributed by atoms with Crippen molar-refractivity contribution in [1.82, 2.24) is 5.32 Å². The third-order valence-corrected chi connectivity index (χ3v) is 6.14. The molecule has 0 bridgehead atoms. The molecule has 0 saturated heterocycles. The second kappa shape index (κ2) is 8.98. The van der Waals surface area contributed by atoms with E-state index in [-0.39, 0.29) is 17.0 Å². The molecule has 1 aliphatic rings. The van der Waals surface area contributed by atoms with Crippen molar-refractivity contribution in [3.8, 4) is 6.07 Å². The molecule has 0 saturated carbocycles. The van der Waals surface area contributed by atoms with Crippen molar-refractivity contribution in [3.63, 3.8) is 0 Å². The predicted octanol–water partition coefficient (Wildman–Crippen LogP) is 5.72. The van der Waals surface area contributed by atoms with Crippen LogP contribution in [0.25, 0.3) is 6.08 Å². The molecule has 0 aromatic heterocycles. The first-order valence-corrected chi connectivity index (χ1v) is 11.0. The van der Waals surface area contributed by atoms with Gasteiger partial charge in [-0.1, -0.05) is 37.3 Å². The van der Waals surface area contributed by atoms with E-state index in [1.807, 2.05) is 37.3 Å². The Balaban J connectivity index is 1.92. The molecule has 162 valence electrons. The van der Waals surface area contributed by atoms with Gasteiger partial charge in [-0.2, -0.15) is 5.26 Å². The largest absolute Gasteiger partial charge is 0.364 e. The van der Waals surface area contributed by atoms with Gasteiger partial charge in [0, 0.05) is 23.8 Å². The zero-order valence-electron chi connectivity index (χ0n) is 19.5. The summed E-state index contributed by atoms with van der Waals surface area (Å²) < 4.78 is 0. The van der Waals surface area contributed by atoms with Crippen molar-refractivity contribution in [2.45, 2.75) is 72.0 Å². The van der Waals surface area contributed by atoms with Gasteiger partial charge >= 0.3 is 0 Å². The summed E-state index contributed by atoms with van der Waals surface area (Å²) in [5, 5.41) is 12.5. The van der Waals surface area contributed by atoms with E-state index in [0.29, 0.717) is 18.5 Å². The zero-order chi connectivity index (χ0) is 22.8. The van der Waals surface area contributed by atoms with Gasteiger partial charge in [0.1, 0.15) is 11.6 Å². The van der Waals surface area contributed by atoms with Crippen LogP contribution in [0.2, 0.25) is 0 Å². The number of amides is 1. The number of nitrogens with zero attached hydrogens (tertiary/aromatic N) is 2. The van der Waals surface area contributed by atoms with Gasteiger partial charge in [-0.05, 0) is 87.4 Å². The molecule has 1 atom stereocenters. The Morgan fingerprint density at radius 3 is 2.58 bits per heavy atom. The van der Waals surface area contributed by atoms with E-state index >= 15 is 0 Å². The molecule has 4 heteroatoms. The minimum atomic E-state index is -0.346. The summed E-state index contributed by atoms with van der Waals surface area (Å²) in [4.78, 5) is 15.1. The molecule has 0 unspecified atom stereocenters. The van der Waals surface area contributed by atoms with Crippen molar-refractivity contribution in [2.75, 3.05) is 4.90 Å². The van der Waals surface area contributed by atoms with Crippen molar-refractivity contribution >= 4 is 17.7 Å². The van der Waals surface area contributed by atoms with Crippen molar-refractivity contribution < 1.29 is 4.79 Å². The number of nitrogens with one attached hydrogen (secondary N) is 1. The Bertz CT molecular complexity index is 1030. The Kier molecular flexibility index (Phi) is 6.55. The minimum Gasteiger partial charge on any atom is -0.364 e. The SMILES string of the molecule is Cc1cc2c(cc1/C=C(/C#N)C(=O)NCc1ccccc1)[C@H](C)CC(C)(C)N2C(C)C. The van der Waals surface area contributed by atoms with Crippen LogP contribution < -0.4 is 10.2 Å². The summed E-state index contributed by atoms with van der Waals surface area (Å²) in [5.41, 5.74) is 5.76. The van der Waals surface area contributed by atoms with Gasteiger partial charge in [0.25, 0.3) is 5.91 Å². The monoisotopic (exact) mass is 415 g/mol. The number of benzene rings is 2. The highest BCUT2D eigenvalue weighted by Crippen LogP contribution is 2.45. The lowest BCUT2D eigenvalue weighted by atomic mass is 9.78. The van der Waals surface area contributed by atoms with E-state index < -0.39 is 0 Å². The molecular weight excluding hydrogens is 382 g/mol. The number of carbonyl (C=O) groups is 1. The summed E-state index contributed by atoms with van der Waals surface area (Å²) in [5.74, 6) is 0.0617. The predicted molar refractivity (Wildman–Crippen MR) is 128 cm³/mol. The molecular formula is C27H33N3O. The van der Waals surface area contributed by atoms with Crippen LogP contribution in [0, 0.1) is 18.3 Å². The molecule has 1 heterocycles. The molecule has 3 rings (SSSR count). The number of nitriles is 1. The van der Waals surface area contributed by atoms with Crippen LogP contribution in [0.15, 0.2) is 48.0 Å². The van der Waals surface area contributed by atoms with E-state index in [1.165, 1.54) is 11.3 Å². The summed E-state index contributed by atoms with van der Waals surface area (Å²) in [6.45, 7) is 13.8. The van der Waals surface area contributed by atoms with E-state index in [1.54, 1.807) is 6.08 Å². The third-order valence-electron chi connectivity index (χ3n) is 6.14. The lowest BCUT2D eigenvalue weighted by molar-refractivity contribution is -0.117. The highest BCUT2D eigenvalue weighted by atomic mass is 16.1. The zero-order valence-corrected chi connectivity index (χ0v) is 19.5. The maximum Gasteiger partial charge on any atom is 0.262 e. The van der Waals surface area contributed by atoms with E-state index in [2.05, 4.69) is 63.0 Å². The first-order chi connectivity index (χ1) is 14.6. The Morgan fingerprint density at radius 2 is 1.97 bits per heavy atom. The quantitative estimate of drug-likeness (QED) is 0.502. The molecule has 0 spiro atoms. The van der Waals surface area contributed by atoms with Gasteiger partial charge in [-0.3, -0.25) is 4.79 Å². The maximum atomic E-state index is 12.6. The lowest BCUT2D eigenvalue weighted by Gasteiger charge is -2.50. The van der Waals surface area contributed by atoms with Gasteiger partial charge in [0.2, 0.25) is 0 Å². The fourth-order valence-electron chi connectivity index (χ4n) is 4.92. The fourth-order valence-corrected chi connectivity index (χ4v) is 4.92. The molecule has 1 amide bonds. The Morgan fingerprint density at radius 1 is 1.29 bits per heavy atom. The Labute approximate surface area is 186 Å². The average molecular weight is 416 g/mol. The average Bonchev–Trinajstić information content (AvgIpc) is 2.70. The van der Waals surface area contributed by atoms with Crippen molar-refractivity contribution in [2.24, 2.45) is 0 Å². The fraction of sp³-hybridized carbons (Fsp3) is 0.407. The summed E-state index contributed by atoms with van der Waals surface area (Å²) >= 11 is 0. The molecule has 0 aliphatic carbocycles. The number of fused-ring (bicyclic) bond motifs is 1. The highest BCUT2D eigenvalue weighted by Gasteiger charge is 2.37. The molecule has 4 nitrogen and oxygen atoms in total. The van der Waals surface area contributed by atoms with Crippen molar-refractivity contribution in [3.05, 3.63) is 70.3 Å². The van der Waals surface area contributed by atoms with Crippen LogP contribution in [-0.4, -0.2) is 17.5 Å². The highest BCUT2D eigenvalue weighted by molar-refractivity contribution is 6.01. The van der Waals surface area contributed by atoms with E-state index in [0.717, 1.165) is 23.1 Å². The topological polar surface area (TPSA) is 56.1 Å². The lowest BCUT2D eigenvalue weighted by Crippen LogP contribution is -2.51. The summed E-state index contributed by atoms with van der Waals surface area (Å²) in [6, 6.07) is 16.6. The molecule has 31 heavy (non-hydrogen) atoms. The molecule has 0 radical (unpaired) electrons. The second-order valence-corrected chi connectivity index (χ2v) is 9.49. The summed E-state index contributed by atoms with van der Waals surface area (Å²) in [6.07, 6.45) is 2.79. The third kappa shape index (κ3) is 4.82. The van der Waals surface area contributed by atoms with Crippen LogP contribution in [0.3, 0.4) is 0 Å². The van der Waals surface area contributed by atoms with Crippen LogP contribution in [0.1, 0.15) is 69.2 Å². The van der Waals surface area contributed by atoms with Gasteiger partial charge in [0.15, 0.2) is 0 Å². The van der Waals surface area contributed by atoms with Gasteiger partial charge in [-0.25, -0.2) is 0 Å². The van der Waals surface area contributed by atoms with Crippen LogP contribution in [0.4, 0.5) is 5.69 Å². The first kappa shape index (κ1) is 22.6. The molecule has 1 aliphatic heterocycles. The minimum absolute atomic E-state index is 0.0829. The second-order valence-electron chi connectivity index (χ2n) is 9.49. The molecule has 0 fully saturated rings. The maximum absolute atomic E-state index is 12.6. The van der Waals surface area contributed by atoms with Crippen LogP contribution >= 0.6 is 0 Å². The van der Waals surface area contributed by atoms with Gasteiger partial charge in [-0.15, -0.1) is 0 Å². The van der Waals surface area contributed by atoms with Crippen LogP contribution in [-0.2, 0) is 11.3 Å². The van der Waals surface area contributed by atoms with Crippen molar-refractivity contribution in [1.29, 1.82) is 5.26 Å². The number of hydrogen-bond acceptors (Lipinski definition) is 3. The smallest absolute Gasteiger partial charge is 0.262 e. The van der Waals surface area contributed by atoms with Crippen LogP contribution in [0.5, 0.6) is 0 Å².